The number of rotatable bonds is 12. The minimum absolute atomic E-state index is 0.0861. The highest BCUT2D eigenvalue weighted by Gasteiger charge is 2.23. The highest BCUT2D eigenvalue weighted by molar-refractivity contribution is 9.10. The van der Waals surface area contributed by atoms with Crippen LogP contribution in [0.3, 0.4) is 0 Å². The van der Waals surface area contributed by atoms with E-state index in [4.69, 9.17) is 4.74 Å². The number of carbonyl (C=O) groups is 3. The molecule has 0 spiro atoms. The highest BCUT2D eigenvalue weighted by Crippen LogP contribution is 2.21. The van der Waals surface area contributed by atoms with Gasteiger partial charge >= 0.3 is 5.97 Å². The van der Waals surface area contributed by atoms with Crippen LogP contribution in [-0.4, -0.2) is 34.7 Å². The monoisotopic (exact) mass is 630 g/mol. The number of halogens is 1. The Balaban J connectivity index is 1.47. The van der Waals surface area contributed by atoms with Crippen molar-refractivity contribution in [2.45, 2.75) is 11.8 Å². The molecule has 4 aromatic rings. The molecule has 1 atom stereocenters. The molecule has 41 heavy (non-hydrogen) atoms. The quantitative estimate of drug-likeness (QED) is 0.154. The van der Waals surface area contributed by atoms with E-state index in [-0.39, 0.29) is 11.4 Å². The first-order chi connectivity index (χ1) is 19.9. The third-order valence-corrected chi connectivity index (χ3v) is 7.35. The van der Waals surface area contributed by atoms with Crippen molar-refractivity contribution < 1.29 is 24.2 Å². The standard InChI is InChI=1S/C32H27BrN2O5S/c33-25-11-7-10-23(18-25)19-28(31(37)35-29(32(38)39)21-41-20-22-8-3-1-4-9-22)34-30(36)24-14-16-27(17-15-24)40-26-12-5-2-6-13-26/h1-19,29H,20-21H2,(H,34,36)(H,35,37)(H,38,39)/t29-/m0/s1. The first-order valence-electron chi connectivity index (χ1n) is 12.6. The third-order valence-electron chi connectivity index (χ3n) is 5.75. The van der Waals surface area contributed by atoms with Gasteiger partial charge < -0.3 is 20.5 Å². The first kappa shape index (κ1) is 29.6. The molecule has 0 radical (unpaired) electrons. The molecule has 0 saturated heterocycles. The lowest BCUT2D eigenvalue weighted by Crippen LogP contribution is -2.45. The van der Waals surface area contributed by atoms with Crippen molar-refractivity contribution in [3.8, 4) is 11.5 Å². The Bertz CT molecular complexity index is 1510. The van der Waals surface area contributed by atoms with Gasteiger partial charge in [0.2, 0.25) is 0 Å². The normalized spacial score (nSPS) is 11.8. The van der Waals surface area contributed by atoms with E-state index >= 15 is 0 Å². The summed E-state index contributed by atoms with van der Waals surface area (Å²) in [6.45, 7) is 0. The number of carboxylic acids is 1. The summed E-state index contributed by atoms with van der Waals surface area (Å²) in [7, 11) is 0. The summed E-state index contributed by atoms with van der Waals surface area (Å²) in [6, 6.07) is 31.4. The minimum atomic E-state index is -1.17. The average molecular weight is 632 g/mol. The molecule has 0 aliphatic carbocycles. The van der Waals surface area contributed by atoms with E-state index in [1.807, 2.05) is 66.7 Å². The van der Waals surface area contributed by atoms with E-state index in [2.05, 4.69) is 26.6 Å². The van der Waals surface area contributed by atoms with E-state index in [9.17, 15) is 19.5 Å². The van der Waals surface area contributed by atoms with Crippen molar-refractivity contribution in [1.29, 1.82) is 0 Å². The fourth-order valence-corrected chi connectivity index (χ4v) is 5.12. The van der Waals surface area contributed by atoms with E-state index in [0.717, 1.165) is 10.0 Å². The number of aliphatic carboxylic acids is 1. The smallest absolute Gasteiger partial charge is 0.327 e. The van der Waals surface area contributed by atoms with Gasteiger partial charge in [-0.3, -0.25) is 9.59 Å². The van der Waals surface area contributed by atoms with Crippen LogP contribution in [0.15, 0.2) is 119 Å². The topological polar surface area (TPSA) is 105 Å². The third kappa shape index (κ3) is 9.37. The highest BCUT2D eigenvalue weighted by atomic mass is 79.9. The van der Waals surface area contributed by atoms with Crippen molar-refractivity contribution in [3.05, 3.63) is 136 Å². The van der Waals surface area contributed by atoms with Gasteiger partial charge in [0.15, 0.2) is 0 Å². The number of hydrogen-bond acceptors (Lipinski definition) is 5. The van der Waals surface area contributed by atoms with Gasteiger partial charge in [0, 0.05) is 21.5 Å². The molecule has 2 amide bonds. The summed E-state index contributed by atoms with van der Waals surface area (Å²) < 4.78 is 6.56. The van der Waals surface area contributed by atoms with Crippen LogP contribution in [0, 0.1) is 0 Å². The van der Waals surface area contributed by atoms with Crippen LogP contribution in [-0.2, 0) is 15.3 Å². The lowest BCUT2D eigenvalue weighted by molar-refractivity contribution is -0.140. The molecule has 3 N–H and O–H groups in total. The first-order valence-corrected chi connectivity index (χ1v) is 14.6. The lowest BCUT2D eigenvalue weighted by atomic mass is 10.1. The van der Waals surface area contributed by atoms with E-state index < -0.39 is 23.8 Å². The number of amides is 2. The zero-order valence-electron chi connectivity index (χ0n) is 21.8. The van der Waals surface area contributed by atoms with Crippen LogP contribution in [0.2, 0.25) is 0 Å². The van der Waals surface area contributed by atoms with Crippen LogP contribution >= 0.6 is 27.7 Å². The number of nitrogens with one attached hydrogen (secondary N) is 2. The Labute approximate surface area is 250 Å². The molecule has 4 aromatic carbocycles. The van der Waals surface area contributed by atoms with E-state index in [0.29, 0.717) is 28.4 Å². The Kier molecular flexibility index (Phi) is 10.8. The summed E-state index contributed by atoms with van der Waals surface area (Å²) in [4.78, 5) is 38.4. The largest absolute Gasteiger partial charge is 0.480 e. The predicted molar refractivity (Wildman–Crippen MR) is 165 cm³/mol. The summed E-state index contributed by atoms with van der Waals surface area (Å²) in [6.07, 6.45) is 1.50. The second-order valence-corrected chi connectivity index (χ2v) is 10.8. The molecule has 0 fully saturated rings. The fourth-order valence-electron chi connectivity index (χ4n) is 3.69. The zero-order chi connectivity index (χ0) is 29.0. The van der Waals surface area contributed by atoms with Crippen molar-refractivity contribution in [3.63, 3.8) is 0 Å². The van der Waals surface area contributed by atoms with Gasteiger partial charge in [-0.1, -0.05) is 76.6 Å². The summed E-state index contributed by atoms with van der Waals surface area (Å²) >= 11 is 4.80. The lowest BCUT2D eigenvalue weighted by Gasteiger charge is -2.17. The molecule has 4 rings (SSSR count). The van der Waals surface area contributed by atoms with Crippen LogP contribution in [0.5, 0.6) is 11.5 Å². The molecule has 208 valence electrons. The van der Waals surface area contributed by atoms with Crippen LogP contribution in [0.4, 0.5) is 0 Å². The molecule has 0 aromatic heterocycles. The van der Waals surface area contributed by atoms with Gasteiger partial charge in [0.25, 0.3) is 11.8 Å². The summed E-state index contributed by atoms with van der Waals surface area (Å²) in [5.74, 6) is -0.448. The van der Waals surface area contributed by atoms with Crippen molar-refractivity contribution in [2.24, 2.45) is 0 Å². The van der Waals surface area contributed by atoms with Crippen LogP contribution in [0.1, 0.15) is 21.5 Å². The number of thioether (sulfide) groups is 1. The Morgan fingerprint density at radius 3 is 2.17 bits per heavy atom. The maximum atomic E-state index is 13.3. The number of hydrogen-bond donors (Lipinski definition) is 3. The van der Waals surface area contributed by atoms with Crippen molar-refractivity contribution in [1.82, 2.24) is 10.6 Å². The van der Waals surface area contributed by atoms with Gasteiger partial charge in [-0.25, -0.2) is 4.79 Å². The average Bonchev–Trinajstić information content (AvgIpc) is 2.97. The number of benzene rings is 4. The second-order valence-electron chi connectivity index (χ2n) is 8.87. The van der Waals surface area contributed by atoms with E-state index in [1.54, 1.807) is 42.5 Å². The molecule has 7 nitrogen and oxygen atoms in total. The van der Waals surface area contributed by atoms with Gasteiger partial charge in [-0.05, 0) is 65.7 Å². The molecular formula is C32H27BrN2O5S. The Morgan fingerprint density at radius 2 is 1.51 bits per heavy atom. The molecule has 0 heterocycles. The fraction of sp³-hybridized carbons (Fsp3) is 0.0938. The molecule has 0 bridgehead atoms. The molecule has 9 heteroatoms. The molecule has 0 aliphatic heterocycles. The van der Waals surface area contributed by atoms with Crippen LogP contribution in [0.25, 0.3) is 6.08 Å². The number of carbonyl (C=O) groups excluding carboxylic acids is 2. The summed E-state index contributed by atoms with van der Waals surface area (Å²) in [5.41, 5.74) is 1.90. The van der Waals surface area contributed by atoms with Crippen LogP contribution < -0.4 is 15.4 Å². The number of carboxylic acid groups (broad SMARTS) is 1. The second kappa shape index (κ2) is 14.9. The molecule has 0 saturated carbocycles. The van der Waals surface area contributed by atoms with E-state index in [1.165, 1.54) is 17.8 Å². The van der Waals surface area contributed by atoms with Gasteiger partial charge in [-0.2, -0.15) is 11.8 Å². The van der Waals surface area contributed by atoms with Gasteiger partial charge in [0.1, 0.15) is 23.2 Å². The van der Waals surface area contributed by atoms with Gasteiger partial charge in [-0.15, -0.1) is 0 Å². The van der Waals surface area contributed by atoms with Crippen molar-refractivity contribution >= 4 is 51.6 Å². The van der Waals surface area contributed by atoms with Crippen molar-refractivity contribution in [2.75, 3.05) is 5.75 Å². The summed E-state index contributed by atoms with van der Waals surface area (Å²) in [5, 5.41) is 15.0. The van der Waals surface area contributed by atoms with Gasteiger partial charge in [0.05, 0.1) is 0 Å². The maximum absolute atomic E-state index is 13.3. The zero-order valence-corrected chi connectivity index (χ0v) is 24.2. The Hall–Kier alpha value is -4.34. The molecule has 0 unspecified atom stereocenters. The number of ether oxygens (including phenoxy) is 1. The predicted octanol–water partition coefficient (Wildman–Crippen LogP) is 6.52. The molecule has 0 aliphatic rings. The minimum Gasteiger partial charge on any atom is -0.480 e. The Morgan fingerprint density at radius 1 is 0.854 bits per heavy atom. The molecular weight excluding hydrogens is 604 g/mol. The maximum Gasteiger partial charge on any atom is 0.327 e. The SMILES string of the molecule is O=C(N[C@@H](CSCc1ccccc1)C(=O)O)C(=Cc1cccc(Br)c1)NC(=O)c1ccc(Oc2ccccc2)cc1. The number of para-hydroxylation sites is 1.